The van der Waals surface area contributed by atoms with Gasteiger partial charge in [-0.1, -0.05) is 58.8 Å². The van der Waals surface area contributed by atoms with Crippen molar-refractivity contribution in [1.82, 2.24) is 9.78 Å². The van der Waals surface area contributed by atoms with Gasteiger partial charge in [0.1, 0.15) is 0 Å². The van der Waals surface area contributed by atoms with Crippen molar-refractivity contribution in [3.8, 4) is 0 Å². The highest BCUT2D eigenvalue weighted by Crippen LogP contribution is 2.34. The maximum Gasteiger partial charge on any atom is 0.435 e. The molecule has 0 aliphatic rings. The lowest BCUT2D eigenvalue weighted by Crippen LogP contribution is -2.32. The second-order valence-electron chi connectivity index (χ2n) is 6.85. The van der Waals surface area contributed by atoms with Crippen molar-refractivity contribution in [1.29, 1.82) is 0 Å². The molecule has 0 fully saturated rings. The van der Waals surface area contributed by atoms with E-state index >= 15 is 0 Å². The molecule has 23 heavy (non-hydrogen) atoms. The van der Waals surface area contributed by atoms with Crippen LogP contribution in [0.4, 0.5) is 13.2 Å². The Morgan fingerprint density at radius 3 is 2.04 bits per heavy atom. The Morgan fingerprint density at radius 2 is 1.52 bits per heavy atom. The topological polar surface area (TPSA) is 17.8 Å². The number of hydrogen-bond acceptors (Lipinski definition) is 1. The predicted molar refractivity (Wildman–Crippen MR) is 88.5 cm³/mol. The fourth-order valence-corrected chi connectivity index (χ4v) is 3.16. The summed E-state index contributed by atoms with van der Waals surface area (Å²) in [5, 5.41) is 3.91. The van der Waals surface area contributed by atoms with Gasteiger partial charge in [-0.3, -0.25) is 4.68 Å². The van der Waals surface area contributed by atoms with Crippen LogP contribution in [0.3, 0.4) is 0 Å². The Kier molecular flexibility index (Phi) is 7.62. The molecule has 1 aromatic heterocycles. The van der Waals surface area contributed by atoms with Gasteiger partial charge < -0.3 is 0 Å². The predicted octanol–water partition coefficient (Wildman–Crippen LogP) is 6.48. The van der Waals surface area contributed by atoms with Crippen LogP contribution in [0, 0.1) is 6.92 Å². The number of halogens is 3. The molecule has 2 nitrogen and oxygen atoms in total. The van der Waals surface area contributed by atoms with E-state index in [4.69, 9.17) is 0 Å². The van der Waals surface area contributed by atoms with Crippen LogP contribution < -0.4 is 0 Å². The number of hydrogen-bond donors (Lipinski definition) is 0. The highest BCUT2D eigenvalue weighted by atomic mass is 19.4. The summed E-state index contributed by atoms with van der Waals surface area (Å²) in [6.07, 6.45) is 5.24. The summed E-state index contributed by atoms with van der Waals surface area (Å²) >= 11 is 0. The van der Waals surface area contributed by atoms with Gasteiger partial charge >= 0.3 is 6.18 Å². The van der Waals surface area contributed by atoms with Crippen molar-refractivity contribution in [3.63, 3.8) is 0 Å². The molecule has 1 heterocycles. The molecule has 0 aromatic carbocycles. The second kappa shape index (κ2) is 8.74. The van der Waals surface area contributed by atoms with Gasteiger partial charge in [0.05, 0.1) is 5.54 Å². The van der Waals surface area contributed by atoms with E-state index < -0.39 is 11.9 Å². The van der Waals surface area contributed by atoms with Crippen molar-refractivity contribution in [2.75, 3.05) is 0 Å². The number of aromatic nitrogens is 2. The fraction of sp³-hybridized carbons (Fsp3) is 0.833. The van der Waals surface area contributed by atoms with Crippen LogP contribution in [0.15, 0.2) is 6.07 Å². The lowest BCUT2D eigenvalue weighted by atomic mass is 9.88. The molecule has 1 aromatic rings. The zero-order valence-electron chi connectivity index (χ0n) is 15.0. The third-order valence-electron chi connectivity index (χ3n) is 4.58. The van der Waals surface area contributed by atoms with Gasteiger partial charge in [0.2, 0.25) is 0 Å². The smallest absolute Gasteiger partial charge is 0.263 e. The Balaban J connectivity index is 2.89. The van der Waals surface area contributed by atoms with Crippen LogP contribution in [-0.4, -0.2) is 9.78 Å². The first-order chi connectivity index (χ1) is 10.7. The van der Waals surface area contributed by atoms with E-state index in [1.54, 1.807) is 11.6 Å². The Bertz CT molecular complexity index is 465. The van der Waals surface area contributed by atoms with E-state index in [2.05, 4.69) is 25.9 Å². The van der Waals surface area contributed by atoms with E-state index in [1.807, 2.05) is 0 Å². The number of unbranched alkanes of at least 4 members (excludes halogenated alkanes) is 5. The minimum atomic E-state index is -4.37. The molecule has 0 bridgehead atoms. The molecule has 0 N–H and O–H groups in total. The van der Waals surface area contributed by atoms with Crippen molar-refractivity contribution in [3.05, 3.63) is 17.5 Å². The van der Waals surface area contributed by atoms with Gasteiger partial charge in [-0.15, -0.1) is 0 Å². The largest absolute Gasteiger partial charge is 0.435 e. The second-order valence-corrected chi connectivity index (χ2v) is 6.85. The Hall–Kier alpha value is -1.00. The van der Waals surface area contributed by atoms with E-state index in [0.717, 1.165) is 38.5 Å². The molecule has 0 radical (unpaired) electrons. The van der Waals surface area contributed by atoms with E-state index in [9.17, 15) is 13.2 Å². The molecule has 1 unspecified atom stereocenters. The summed E-state index contributed by atoms with van der Waals surface area (Å²) in [6, 6.07) is 1.17. The minimum Gasteiger partial charge on any atom is -0.263 e. The summed E-state index contributed by atoms with van der Waals surface area (Å²) in [5.41, 5.74) is -0.497. The molecule has 134 valence electrons. The molecule has 5 heteroatoms. The van der Waals surface area contributed by atoms with Gasteiger partial charge in [-0.05, 0) is 32.8 Å². The molecule has 0 aliphatic heterocycles. The zero-order chi connectivity index (χ0) is 17.5. The minimum absolute atomic E-state index is 0.324. The summed E-state index contributed by atoms with van der Waals surface area (Å²) in [6.45, 7) is 8.07. The average molecular weight is 332 g/mol. The molecule has 1 rings (SSSR count). The molecular formula is C18H31F3N2. The van der Waals surface area contributed by atoms with Crippen LogP contribution in [0.5, 0.6) is 0 Å². The quantitative estimate of drug-likeness (QED) is 0.449. The maximum atomic E-state index is 12.9. The summed E-state index contributed by atoms with van der Waals surface area (Å²) in [5.74, 6) is 0. The summed E-state index contributed by atoms with van der Waals surface area (Å²) in [7, 11) is 0. The normalized spacial score (nSPS) is 14.9. The molecular weight excluding hydrogens is 301 g/mol. The first-order valence-corrected chi connectivity index (χ1v) is 8.89. The molecule has 1 atom stereocenters. The van der Waals surface area contributed by atoms with Gasteiger partial charge in [-0.2, -0.15) is 18.3 Å². The van der Waals surface area contributed by atoms with Crippen LogP contribution in [-0.2, 0) is 11.7 Å². The van der Waals surface area contributed by atoms with Gasteiger partial charge in [0.15, 0.2) is 5.69 Å². The highest BCUT2D eigenvalue weighted by molar-refractivity contribution is 5.13. The summed E-state index contributed by atoms with van der Waals surface area (Å²) in [4.78, 5) is 0. The number of alkyl halides is 3. The standard InChI is InChI=1S/C18H31F3N2/c1-5-7-9-10-11-13-17(4,12-8-6-2)23-15(3)14-16(22-23)18(19,20)21/h14H,5-13H2,1-4H3. The van der Waals surface area contributed by atoms with Crippen molar-refractivity contribution < 1.29 is 13.2 Å². The van der Waals surface area contributed by atoms with Crippen molar-refractivity contribution >= 4 is 0 Å². The lowest BCUT2D eigenvalue weighted by Gasteiger charge is -2.32. The third-order valence-corrected chi connectivity index (χ3v) is 4.58. The van der Waals surface area contributed by atoms with Gasteiger partial charge in [0, 0.05) is 5.69 Å². The molecule has 0 spiro atoms. The SMILES string of the molecule is CCCCCCCC(C)(CCCC)n1nc(C(F)(F)F)cc1C. The lowest BCUT2D eigenvalue weighted by molar-refractivity contribution is -0.141. The molecule has 0 aliphatic carbocycles. The van der Waals surface area contributed by atoms with Gasteiger partial charge in [0.25, 0.3) is 0 Å². The zero-order valence-corrected chi connectivity index (χ0v) is 15.0. The third kappa shape index (κ3) is 5.85. The first-order valence-electron chi connectivity index (χ1n) is 8.89. The van der Waals surface area contributed by atoms with Crippen LogP contribution >= 0.6 is 0 Å². The molecule has 0 saturated heterocycles. The van der Waals surface area contributed by atoms with Crippen LogP contribution in [0.25, 0.3) is 0 Å². The Morgan fingerprint density at radius 1 is 0.957 bits per heavy atom. The van der Waals surface area contributed by atoms with E-state index in [1.165, 1.54) is 25.3 Å². The number of aryl methyl sites for hydroxylation is 1. The molecule has 0 saturated carbocycles. The van der Waals surface area contributed by atoms with Crippen LogP contribution in [0.1, 0.15) is 89.9 Å². The molecule has 0 amide bonds. The fourth-order valence-electron chi connectivity index (χ4n) is 3.16. The summed E-state index contributed by atoms with van der Waals surface area (Å²) < 4.78 is 40.4. The van der Waals surface area contributed by atoms with E-state index in [0.29, 0.717) is 5.69 Å². The average Bonchev–Trinajstić information content (AvgIpc) is 2.88. The van der Waals surface area contributed by atoms with Crippen molar-refractivity contribution in [2.45, 2.75) is 97.2 Å². The highest BCUT2D eigenvalue weighted by Gasteiger charge is 2.37. The number of rotatable bonds is 10. The number of nitrogens with zero attached hydrogens (tertiary/aromatic N) is 2. The van der Waals surface area contributed by atoms with E-state index in [-0.39, 0.29) is 5.54 Å². The van der Waals surface area contributed by atoms with Crippen LogP contribution in [0.2, 0.25) is 0 Å². The first kappa shape index (κ1) is 20.0. The van der Waals surface area contributed by atoms with Gasteiger partial charge in [-0.25, -0.2) is 0 Å². The Labute approximate surface area is 138 Å². The maximum absolute atomic E-state index is 12.9. The monoisotopic (exact) mass is 332 g/mol. The van der Waals surface area contributed by atoms with Crippen molar-refractivity contribution in [2.24, 2.45) is 0 Å².